The van der Waals surface area contributed by atoms with E-state index >= 15 is 0 Å². The first kappa shape index (κ1) is 14.5. The van der Waals surface area contributed by atoms with E-state index in [1.807, 2.05) is 36.1 Å². The second kappa shape index (κ2) is 6.53. The van der Waals surface area contributed by atoms with Gasteiger partial charge in [0, 0.05) is 31.2 Å². The van der Waals surface area contributed by atoms with Gasteiger partial charge < -0.3 is 15.0 Å². The smallest absolute Gasteiger partial charge is 0.258 e. The molecule has 0 radical (unpaired) electrons. The largest absolute Gasteiger partial charge is 0.378 e. The second-order valence-corrected chi connectivity index (χ2v) is 5.14. The zero-order valence-corrected chi connectivity index (χ0v) is 12.5. The predicted octanol–water partition coefficient (Wildman–Crippen LogP) is 1.87. The molecule has 0 spiro atoms. The van der Waals surface area contributed by atoms with Gasteiger partial charge in [-0.25, -0.2) is 9.97 Å². The van der Waals surface area contributed by atoms with Crippen LogP contribution in [0.2, 0.25) is 0 Å². The molecule has 1 aliphatic rings. The summed E-state index contributed by atoms with van der Waals surface area (Å²) >= 11 is 0. The summed E-state index contributed by atoms with van der Waals surface area (Å²) in [7, 11) is 0. The van der Waals surface area contributed by atoms with E-state index in [-0.39, 0.29) is 5.91 Å². The highest BCUT2D eigenvalue weighted by atomic mass is 16.5. The van der Waals surface area contributed by atoms with E-state index < -0.39 is 0 Å². The topological polar surface area (TPSA) is 67.4 Å². The van der Waals surface area contributed by atoms with E-state index in [2.05, 4.69) is 15.3 Å². The van der Waals surface area contributed by atoms with Crippen molar-refractivity contribution in [2.75, 3.05) is 36.5 Å². The normalized spacial score (nSPS) is 14.7. The number of nitrogens with zero attached hydrogens (tertiary/aromatic N) is 3. The van der Waals surface area contributed by atoms with Gasteiger partial charge in [0.25, 0.3) is 5.91 Å². The van der Waals surface area contributed by atoms with Crippen molar-refractivity contribution >= 4 is 17.5 Å². The molecule has 0 aliphatic carbocycles. The van der Waals surface area contributed by atoms with Crippen molar-refractivity contribution in [1.29, 1.82) is 0 Å². The van der Waals surface area contributed by atoms with Crippen LogP contribution in [-0.4, -0.2) is 42.2 Å². The first-order valence-corrected chi connectivity index (χ1v) is 7.26. The van der Waals surface area contributed by atoms with E-state index in [0.29, 0.717) is 24.7 Å². The summed E-state index contributed by atoms with van der Waals surface area (Å²) < 4.78 is 5.30. The summed E-state index contributed by atoms with van der Waals surface area (Å²) in [5, 5.41) is 2.87. The van der Waals surface area contributed by atoms with Crippen molar-refractivity contribution in [3.05, 3.63) is 47.8 Å². The van der Waals surface area contributed by atoms with Crippen molar-refractivity contribution in [3.63, 3.8) is 0 Å². The van der Waals surface area contributed by atoms with Gasteiger partial charge in [-0.15, -0.1) is 0 Å². The number of aryl methyl sites for hydroxylation is 1. The number of rotatable bonds is 3. The number of carbonyl (C=O) groups excluding carboxylic acids is 1. The van der Waals surface area contributed by atoms with Crippen LogP contribution in [0.25, 0.3) is 0 Å². The minimum Gasteiger partial charge on any atom is -0.378 e. The molecule has 2 heterocycles. The quantitative estimate of drug-likeness (QED) is 0.937. The van der Waals surface area contributed by atoms with Crippen molar-refractivity contribution in [2.24, 2.45) is 0 Å². The van der Waals surface area contributed by atoms with Gasteiger partial charge in [0.05, 0.1) is 18.8 Å². The fraction of sp³-hybridized carbons (Fsp3) is 0.312. The first-order valence-electron chi connectivity index (χ1n) is 7.26. The van der Waals surface area contributed by atoms with Crippen LogP contribution in [0.5, 0.6) is 0 Å². The highest BCUT2D eigenvalue weighted by Gasteiger charge is 2.15. The Hall–Kier alpha value is -2.47. The summed E-state index contributed by atoms with van der Waals surface area (Å²) in [4.78, 5) is 22.8. The van der Waals surface area contributed by atoms with E-state index in [1.54, 1.807) is 12.4 Å². The van der Waals surface area contributed by atoms with Crippen LogP contribution in [0.15, 0.2) is 36.7 Å². The van der Waals surface area contributed by atoms with Gasteiger partial charge >= 0.3 is 0 Å². The Morgan fingerprint density at radius 1 is 1.18 bits per heavy atom. The molecule has 1 fully saturated rings. The summed E-state index contributed by atoms with van der Waals surface area (Å²) in [6, 6.07) is 7.65. The lowest BCUT2D eigenvalue weighted by Gasteiger charge is -2.26. The molecule has 1 amide bonds. The average Bonchev–Trinajstić information content (AvgIpc) is 2.58. The molecule has 2 aromatic rings. The average molecular weight is 298 g/mol. The lowest BCUT2D eigenvalue weighted by molar-refractivity contribution is 0.102. The third-order valence-electron chi connectivity index (χ3n) is 3.59. The lowest BCUT2D eigenvalue weighted by atomic mass is 10.2. The van der Waals surface area contributed by atoms with E-state index in [0.717, 1.165) is 24.3 Å². The van der Waals surface area contributed by atoms with Crippen LogP contribution >= 0.6 is 0 Å². The molecule has 0 unspecified atom stereocenters. The first-order chi connectivity index (χ1) is 10.7. The Morgan fingerprint density at radius 3 is 2.55 bits per heavy atom. The third kappa shape index (κ3) is 3.23. The van der Waals surface area contributed by atoms with Crippen LogP contribution in [0.4, 0.5) is 11.6 Å². The number of ether oxygens (including phenoxy) is 1. The van der Waals surface area contributed by atoms with Gasteiger partial charge in [-0.2, -0.15) is 0 Å². The molecule has 0 atom stereocenters. The molecular formula is C16H18N4O2. The second-order valence-electron chi connectivity index (χ2n) is 5.14. The fourth-order valence-corrected chi connectivity index (χ4v) is 2.27. The lowest BCUT2D eigenvalue weighted by Crippen LogP contribution is -2.37. The van der Waals surface area contributed by atoms with Crippen molar-refractivity contribution < 1.29 is 9.53 Å². The van der Waals surface area contributed by atoms with Crippen LogP contribution in [0.3, 0.4) is 0 Å². The molecule has 0 bridgehead atoms. The van der Waals surface area contributed by atoms with Crippen LogP contribution in [0, 0.1) is 6.92 Å². The minimum atomic E-state index is -0.206. The summed E-state index contributed by atoms with van der Waals surface area (Å²) in [5.74, 6) is 0.429. The molecule has 0 saturated carbocycles. The number of hydrogen-bond acceptors (Lipinski definition) is 5. The fourth-order valence-electron chi connectivity index (χ4n) is 2.27. The summed E-state index contributed by atoms with van der Waals surface area (Å²) in [5.41, 5.74) is 2.26. The number of nitrogens with one attached hydrogen (secondary N) is 1. The summed E-state index contributed by atoms with van der Waals surface area (Å²) in [6.45, 7) is 4.86. The van der Waals surface area contributed by atoms with E-state index in [1.165, 1.54) is 0 Å². The number of amides is 1. The van der Waals surface area contributed by atoms with E-state index in [9.17, 15) is 4.79 Å². The van der Waals surface area contributed by atoms with Crippen molar-refractivity contribution in [3.8, 4) is 0 Å². The Bertz CT molecular complexity index is 651. The predicted molar refractivity (Wildman–Crippen MR) is 84.2 cm³/mol. The maximum absolute atomic E-state index is 12.2. The van der Waals surface area contributed by atoms with Crippen LogP contribution < -0.4 is 10.2 Å². The molecule has 1 saturated heterocycles. The Kier molecular flexibility index (Phi) is 4.29. The number of hydrogen-bond donors (Lipinski definition) is 1. The molecule has 6 heteroatoms. The van der Waals surface area contributed by atoms with Crippen LogP contribution in [0.1, 0.15) is 15.9 Å². The van der Waals surface area contributed by atoms with Gasteiger partial charge in [-0.05, 0) is 18.6 Å². The van der Waals surface area contributed by atoms with Gasteiger partial charge in [-0.3, -0.25) is 4.79 Å². The number of benzene rings is 1. The maximum atomic E-state index is 12.2. The zero-order chi connectivity index (χ0) is 15.4. The molecule has 114 valence electrons. The van der Waals surface area contributed by atoms with Gasteiger partial charge in [0.2, 0.25) is 5.95 Å². The van der Waals surface area contributed by atoms with Crippen molar-refractivity contribution in [1.82, 2.24) is 9.97 Å². The molecule has 3 rings (SSSR count). The van der Waals surface area contributed by atoms with Gasteiger partial charge in [0.15, 0.2) is 0 Å². The molecule has 1 aliphatic heterocycles. The van der Waals surface area contributed by atoms with Gasteiger partial charge in [-0.1, -0.05) is 18.2 Å². The standard InChI is InChI=1S/C16H18N4O2/c1-12-4-2-3-5-14(12)19-15(21)13-10-17-16(18-11-13)20-6-8-22-9-7-20/h2-5,10-11H,6-9H2,1H3,(H,19,21). The Morgan fingerprint density at radius 2 is 1.86 bits per heavy atom. The number of carbonyl (C=O) groups is 1. The zero-order valence-electron chi connectivity index (χ0n) is 12.5. The Labute approximate surface area is 129 Å². The maximum Gasteiger partial charge on any atom is 0.258 e. The van der Waals surface area contributed by atoms with Crippen LogP contribution in [-0.2, 0) is 4.74 Å². The number of para-hydroxylation sites is 1. The number of morpholine rings is 1. The highest BCUT2D eigenvalue weighted by molar-refractivity contribution is 6.04. The molecule has 1 aromatic heterocycles. The number of aromatic nitrogens is 2. The Balaban J connectivity index is 1.69. The van der Waals surface area contributed by atoms with Gasteiger partial charge in [0.1, 0.15) is 0 Å². The molecule has 1 aromatic carbocycles. The minimum absolute atomic E-state index is 0.206. The van der Waals surface area contributed by atoms with E-state index in [4.69, 9.17) is 4.74 Å². The molecule has 22 heavy (non-hydrogen) atoms. The molecular weight excluding hydrogens is 280 g/mol. The SMILES string of the molecule is Cc1ccccc1NC(=O)c1cnc(N2CCOCC2)nc1. The third-order valence-corrected chi connectivity index (χ3v) is 3.59. The molecule has 6 nitrogen and oxygen atoms in total. The monoisotopic (exact) mass is 298 g/mol. The summed E-state index contributed by atoms with van der Waals surface area (Å²) in [6.07, 6.45) is 3.12. The molecule has 1 N–H and O–H groups in total. The number of anilines is 2. The van der Waals surface area contributed by atoms with Crippen molar-refractivity contribution in [2.45, 2.75) is 6.92 Å². The highest BCUT2D eigenvalue weighted by Crippen LogP contribution is 2.15.